The van der Waals surface area contributed by atoms with Crippen LogP contribution in [0.1, 0.15) is 11.1 Å². The van der Waals surface area contributed by atoms with Crippen molar-refractivity contribution in [2.75, 3.05) is 18.6 Å². The fraction of sp³-hybridized carbons (Fsp3) is 0.455. The van der Waals surface area contributed by atoms with Gasteiger partial charge in [0.2, 0.25) is 0 Å². The van der Waals surface area contributed by atoms with Crippen molar-refractivity contribution >= 4 is 23.4 Å². The first kappa shape index (κ1) is 12.7. The number of phenols is 1. The lowest BCUT2D eigenvalue weighted by atomic mass is 10.1. The van der Waals surface area contributed by atoms with E-state index in [0.29, 0.717) is 17.3 Å². The Morgan fingerprint density at radius 3 is 2.87 bits per heavy atom. The lowest BCUT2D eigenvalue weighted by Gasteiger charge is -2.09. The summed E-state index contributed by atoms with van der Waals surface area (Å²) in [5.74, 6) is 1.41. The molecular formula is C11H16ClNOS. The second-order valence-electron chi connectivity index (χ2n) is 3.40. The Morgan fingerprint density at radius 2 is 2.20 bits per heavy atom. The number of benzene rings is 1. The normalized spacial score (nSPS) is 10.6. The van der Waals surface area contributed by atoms with E-state index in [1.807, 2.05) is 6.92 Å². The van der Waals surface area contributed by atoms with Gasteiger partial charge in [-0.3, -0.25) is 0 Å². The van der Waals surface area contributed by atoms with Gasteiger partial charge >= 0.3 is 0 Å². The zero-order chi connectivity index (χ0) is 11.3. The summed E-state index contributed by atoms with van der Waals surface area (Å²) >= 11 is 7.72. The molecule has 4 heteroatoms. The number of aryl methyl sites for hydroxylation is 1. The highest BCUT2D eigenvalue weighted by Crippen LogP contribution is 2.26. The monoisotopic (exact) mass is 245 g/mol. The van der Waals surface area contributed by atoms with E-state index < -0.39 is 0 Å². The average Bonchev–Trinajstić information content (AvgIpc) is 2.19. The zero-order valence-electron chi connectivity index (χ0n) is 9.01. The largest absolute Gasteiger partial charge is 0.507 e. The van der Waals surface area contributed by atoms with E-state index in [0.717, 1.165) is 23.4 Å². The van der Waals surface area contributed by atoms with Crippen LogP contribution < -0.4 is 5.32 Å². The van der Waals surface area contributed by atoms with E-state index in [4.69, 9.17) is 11.6 Å². The van der Waals surface area contributed by atoms with Crippen LogP contribution in [-0.2, 0) is 6.54 Å². The van der Waals surface area contributed by atoms with Crippen LogP contribution in [0.25, 0.3) is 0 Å². The fourth-order valence-corrected chi connectivity index (χ4v) is 1.98. The standard InChI is InChI=1S/C11H16ClNOS/c1-8-5-10(12)6-9(11(8)14)7-13-3-4-15-2/h5-6,13-14H,3-4,7H2,1-2H3. The summed E-state index contributed by atoms with van der Waals surface area (Å²) in [5, 5.41) is 13.7. The highest BCUT2D eigenvalue weighted by atomic mass is 35.5. The number of nitrogens with one attached hydrogen (secondary N) is 1. The topological polar surface area (TPSA) is 32.3 Å². The number of hydrogen-bond donors (Lipinski definition) is 2. The molecule has 0 saturated heterocycles. The minimum Gasteiger partial charge on any atom is -0.507 e. The summed E-state index contributed by atoms with van der Waals surface area (Å²) in [7, 11) is 0. The van der Waals surface area contributed by atoms with Crippen molar-refractivity contribution in [1.82, 2.24) is 5.32 Å². The first-order valence-electron chi connectivity index (χ1n) is 4.82. The van der Waals surface area contributed by atoms with Crippen molar-refractivity contribution in [2.45, 2.75) is 13.5 Å². The predicted octanol–water partition coefficient (Wildman–Crippen LogP) is 2.81. The van der Waals surface area contributed by atoms with E-state index in [1.165, 1.54) is 0 Å². The third-order valence-electron chi connectivity index (χ3n) is 2.14. The van der Waals surface area contributed by atoms with Gasteiger partial charge in [0.15, 0.2) is 0 Å². The average molecular weight is 246 g/mol. The van der Waals surface area contributed by atoms with Gasteiger partial charge < -0.3 is 10.4 Å². The Hall–Kier alpha value is -0.380. The zero-order valence-corrected chi connectivity index (χ0v) is 10.6. The van der Waals surface area contributed by atoms with Gasteiger partial charge in [-0.1, -0.05) is 11.6 Å². The maximum atomic E-state index is 9.77. The van der Waals surface area contributed by atoms with Crippen molar-refractivity contribution in [3.63, 3.8) is 0 Å². The number of aromatic hydroxyl groups is 1. The number of phenolic OH excluding ortho intramolecular Hbond substituents is 1. The van der Waals surface area contributed by atoms with Crippen LogP contribution in [0.3, 0.4) is 0 Å². The Balaban J connectivity index is 2.60. The highest BCUT2D eigenvalue weighted by Gasteiger charge is 2.05. The van der Waals surface area contributed by atoms with Crippen molar-refractivity contribution < 1.29 is 5.11 Å². The summed E-state index contributed by atoms with van der Waals surface area (Å²) in [6.07, 6.45) is 2.07. The van der Waals surface area contributed by atoms with Gasteiger partial charge in [-0.25, -0.2) is 0 Å². The first-order valence-corrected chi connectivity index (χ1v) is 6.60. The van der Waals surface area contributed by atoms with Crippen LogP contribution in [-0.4, -0.2) is 23.7 Å². The minimum atomic E-state index is 0.344. The number of halogens is 1. The van der Waals surface area contributed by atoms with Crippen LogP contribution in [0.5, 0.6) is 5.75 Å². The van der Waals surface area contributed by atoms with Crippen LogP contribution in [0.4, 0.5) is 0 Å². The van der Waals surface area contributed by atoms with Crippen LogP contribution in [0.15, 0.2) is 12.1 Å². The van der Waals surface area contributed by atoms with E-state index >= 15 is 0 Å². The summed E-state index contributed by atoms with van der Waals surface area (Å²) in [6, 6.07) is 3.57. The van der Waals surface area contributed by atoms with Gasteiger partial charge in [0, 0.05) is 29.4 Å². The molecule has 0 amide bonds. The predicted molar refractivity (Wildman–Crippen MR) is 67.9 cm³/mol. The highest BCUT2D eigenvalue weighted by molar-refractivity contribution is 7.98. The second-order valence-corrected chi connectivity index (χ2v) is 4.82. The molecule has 2 nitrogen and oxygen atoms in total. The summed E-state index contributed by atoms with van der Waals surface area (Å²) < 4.78 is 0. The van der Waals surface area contributed by atoms with Gasteiger partial charge in [-0.05, 0) is 30.9 Å². The Bertz CT molecular complexity index is 331. The molecule has 0 fully saturated rings. The smallest absolute Gasteiger partial charge is 0.123 e. The van der Waals surface area contributed by atoms with Gasteiger partial charge in [0.05, 0.1) is 0 Å². The van der Waals surface area contributed by atoms with Crippen LogP contribution in [0, 0.1) is 6.92 Å². The van der Waals surface area contributed by atoms with E-state index in [1.54, 1.807) is 23.9 Å². The van der Waals surface area contributed by atoms with Crippen LogP contribution in [0.2, 0.25) is 5.02 Å². The first-order chi connectivity index (χ1) is 7.15. The minimum absolute atomic E-state index is 0.344. The molecule has 1 aromatic carbocycles. The quantitative estimate of drug-likeness (QED) is 0.783. The van der Waals surface area contributed by atoms with Gasteiger partial charge in [-0.15, -0.1) is 0 Å². The molecule has 0 unspecified atom stereocenters. The molecule has 15 heavy (non-hydrogen) atoms. The molecule has 0 radical (unpaired) electrons. The summed E-state index contributed by atoms with van der Waals surface area (Å²) in [6.45, 7) is 3.45. The van der Waals surface area contributed by atoms with Crippen molar-refractivity contribution in [3.05, 3.63) is 28.3 Å². The Kier molecular flexibility index (Phi) is 5.29. The molecule has 0 aromatic heterocycles. The Morgan fingerprint density at radius 1 is 1.47 bits per heavy atom. The van der Waals surface area contributed by atoms with Gasteiger partial charge in [0.25, 0.3) is 0 Å². The molecule has 2 N–H and O–H groups in total. The second kappa shape index (κ2) is 6.26. The van der Waals surface area contributed by atoms with Crippen molar-refractivity contribution in [3.8, 4) is 5.75 Å². The van der Waals surface area contributed by atoms with Gasteiger partial charge in [-0.2, -0.15) is 11.8 Å². The lowest BCUT2D eigenvalue weighted by molar-refractivity contribution is 0.461. The lowest BCUT2D eigenvalue weighted by Crippen LogP contribution is -2.16. The third-order valence-corrected chi connectivity index (χ3v) is 2.97. The molecule has 1 rings (SSSR count). The maximum absolute atomic E-state index is 9.77. The van der Waals surface area contributed by atoms with Crippen molar-refractivity contribution in [1.29, 1.82) is 0 Å². The third kappa shape index (κ3) is 3.93. The molecule has 0 heterocycles. The Labute approximate surface area is 100 Å². The molecule has 0 bridgehead atoms. The molecule has 84 valence electrons. The molecular weight excluding hydrogens is 230 g/mol. The fourth-order valence-electron chi connectivity index (χ4n) is 1.34. The summed E-state index contributed by atoms with van der Waals surface area (Å²) in [4.78, 5) is 0. The SMILES string of the molecule is CSCCNCc1cc(Cl)cc(C)c1O. The number of thioether (sulfide) groups is 1. The van der Waals surface area contributed by atoms with E-state index in [2.05, 4.69) is 11.6 Å². The number of rotatable bonds is 5. The molecule has 1 aromatic rings. The van der Waals surface area contributed by atoms with E-state index in [-0.39, 0.29) is 0 Å². The maximum Gasteiger partial charge on any atom is 0.123 e. The number of hydrogen-bond acceptors (Lipinski definition) is 3. The molecule has 0 aliphatic rings. The summed E-state index contributed by atoms with van der Waals surface area (Å²) in [5.41, 5.74) is 1.69. The molecule has 0 aliphatic carbocycles. The van der Waals surface area contributed by atoms with Crippen LogP contribution >= 0.6 is 23.4 Å². The molecule has 0 aliphatic heterocycles. The molecule has 0 spiro atoms. The molecule has 0 atom stereocenters. The van der Waals surface area contributed by atoms with Crippen molar-refractivity contribution in [2.24, 2.45) is 0 Å². The van der Waals surface area contributed by atoms with Gasteiger partial charge in [0.1, 0.15) is 5.75 Å². The molecule has 0 saturated carbocycles. The van der Waals surface area contributed by atoms with E-state index in [9.17, 15) is 5.11 Å².